The number of thioether (sulfide) groups is 2. The van der Waals surface area contributed by atoms with E-state index in [4.69, 9.17) is 16.7 Å². The van der Waals surface area contributed by atoms with E-state index in [-0.39, 0.29) is 11.0 Å². The lowest BCUT2D eigenvalue weighted by molar-refractivity contribution is -0.136. The van der Waals surface area contributed by atoms with Gasteiger partial charge < -0.3 is 10.0 Å². The second-order valence-electron chi connectivity index (χ2n) is 7.60. The molecule has 32 heavy (non-hydrogen) atoms. The van der Waals surface area contributed by atoms with Crippen molar-refractivity contribution in [3.8, 4) is 0 Å². The van der Waals surface area contributed by atoms with Gasteiger partial charge in [-0.2, -0.15) is 0 Å². The largest absolute Gasteiger partial charge is 0.481 e. The van der Waals surface area contributed by atoms with E-state index in [2.05, 4.69) is 54.3 Å². The molecule has 7 heteroatoms. The van der Waals surface area contributed by atoms with Gasteiger partial charge >= 0.3 is 5.97 Å². The van der Waals surface area contributed by atoms with Gasteiger partial charge in [0.15, 0.2) is 0 Å². The minimum absolute atomic E-state index is 0.173. The van der Waals surface area contributed by atoms with Crippen molar-refractivity contribution < 1.29 is 9.90 Å². The van der Waals surface area contributed by atoms with E-state index in [9.17, 15) is 4.79 Å². The molecule has 0 saturated heterocycles. The third-order valence-corrected chi connectivity index (χ3v) is 7.76. The molecule has 0 aliphatic carbocycles. The number of nitrogens with zero attached hydrogens (tertiary/aromatic N) is 2. The van der Waals surface area contributed by atoms with Gasteiger partial charge in [-0.05, 0) is 55.6 Å². The highest BCUT2D eigenvalue weighted by molar-refractivity contribution is 8.16. The zero-order chi connectivity index (χ0) is 22.9. The molecular weight excluding hydrogens is 460 g/mol. The van der Waals surface area contributed by atoms with Crippen LogP contribution in [0.3, 0.4) is 0 Å². The number of aromatic nitrogens is 1. The number of halogens is 1. The van der Waals surface area contributed by atoms with Gasteiger partial charge in [0.1, 0.15) is 0 Å². The Morgan fingerprint density at radius 1 is 1.09 bits per heavy atom. The molecule has 2 aromatic carbocycles. The average molecular weight is 487 g/mol. The lowest BCUT2D eigenvalue weighted by Crippen LogP contribution is -2.15. The van der Waals surface area contributed by atoms with Crippen LogP contribution >= 0.6 is 35.1 Å². The lowest BCUT2D eigenvalue weighted by Gasteiger charge is -2.18. The molecule has 4 nitrogen and oxygen atoms in total. The first-order chi connectivity index (χ1) is 15.4. The molecule has 1 N–H and O–H groups in total. The summed E-state index contributed by atoms with van der Waals surface area (Å²) in [5.41, 5.74) is 4.04. The van der Waals surface area contributed by atoms with Gasteiger partial charge in [0, 0.05) is 28.5 Å². The minimum Gasteiger partial charge on any atom is -0.481 e. The van der Waals surface area contributed by atoms with E-state index in [1.54, 1.807) is 11.8 Å². The quantitative estimate of drug-likeness (QED) is 0.310. The number of carboxylic acids is 1. The van der Waals surface area contributed by atoms with Crippen LogP contribution in [0.25, 0.3) is 23.1 Å². The molecule has 1 aromatic heterocycles. The Hall–Kier alpha value is -1.99. The maximum Gasteiger partial charge on any atom is 0.304 e. The summed E-state index contributed by atoms with van der Waals surface area (Å²) in [6.07, 6.45) is 4.24. The molecule has 3 aromatic rings. The molecule has 1 heterocycles. The molecule has 0 saturated carbocycles. The molecule has 0 bridgehead atoms. The summed E-state index contributed by atoms with van der Waals surface area (Å²) in [4.78, 5) is 17.8. The predicted molar refractivity (Wildman–Crippen MR) is 141 cm³/mol. The molecule has 1 unspecified atom stereocenters. The van der Waals surface area contributed by atoms with Crippen LogP contribution in [0.15, 0.2) is 54.6 Å². The molecule has 3 rings (SSSR count). The van der Waals surface area contributed by atoms with Crippen LogP contribution < -0.4 is 0 Å². The Kier molecular flexibility index (Phi) is 9.48. The van der Waals surface area contributed by atoms with Crippen LogP contribution in [0.1, 0.15) is 27.8 Å². The zero-order valence-corrected chi connectivity index (χ0v) is 20.6. The van der Waals surface area contributed by atoms with Crippen molar-refractivity contribution in [2.24, 2.45) is 0 Å². The van der Waals surface area contributed by atoms with Crippen LogP contribution in [-0.4, -0.2) is 53.1 Å². The van der Waals surface area contributed by atoms with Crippen molar-refractivity contribution >= 4 is 64.1 Å². The number of carboxylic acid groups (broad SMARTS) is 1. The van der Waals surface area contributed by atoms with Gasteiger partial charge in [-0.1, -0.05) is 48.0 Å². The van der Waals surface area contributed by atoms with E-state index in [0.717, 1.165) is 34.5 Å². The molecule has 0 fully saturated rings. The van der Waals surface area contributed by atoms with E-state index in [0.29, 0.717) is 10.8 Å². The van der Waals surface area contributed by atoms with Gasteiger partial charge in [-0.25, -0.2) is 4.98 Å². The van der Waals surface area contributed by atoms with Gasteiger partial charge in [0.05, 0.1) is 22.2 Å². The van der Waals surface area contributed by atoms with Crippen molar-refractivity contribution in [3.63, 3.8) is 0 Å². The molecular formula is C25H27ClN2O2S2. The van der Waals surface area contributed by atoms with Crippen LogP contribution in [0.2, 0.25) is 5.02 Å². The minimum atomic E-state index is -0.754. The smallest absolute Gasteiger partial charge is 0.304 e. The molecule has 0 spiro atoms. The second-order valence-corrected chi connectivity index (χ2v) is 10.8. The van der Waals surface area contributed by atoms with E-state index >= 15 is 0 Å². The van der Waals surface area contributed by atoms with Gasteiger partial charge in [0.25, 0.3) is 0 Å². The monoisotopic (exact) mass is 486 g/mol. The fourth-order valence-corrected chi connectivity index (χ4v) is 6.02. The summed E-state index contributed by atoms with van der Waals surface area (Å²) >= 11 is 9.66. The first kappa shape index (κ1) is 24.6. The first-order valence-corrected chi connectivity index (χ1v) is 12.8. The van der Waals surface area contributed by atoms with E-state index < -0.39 is 5.97 Å². The number of hydrogen-bond acceptors (Lipinski definition) is 5. The molecule has 0 aliphatic rings. The SMILES string of the molecule is CN(C)CCSC(SCCC(=O)O)c1cccc(/C=C\c2ccc3ccc(Cl)cc3n2)c1. The number of pyridine rings is 1. The molecule has 1 atom stereocenters. The number of hydrogen-bond donors (Lipinski definition) is 1. The van der Waals surface area contributed by atoms with Gasteiger partial charge in [-0.15, -0.1) is 23.5 Å². The number of carbonyl (C=O) groups is 1. The van der Waals surface area contributed by atoms with E-state index in [1.807, 2.05) is 48.2 Å². The summed E-state index contributed by atoms with van der Waals surface area (Å²) < 4.78 is 0.198. The summed E-state index contributed by atoms with van der Waals surface area (Å²) in [6, 6.07) is 18.2. The lowest BCUT2D eigenvalue weighted by atomic mass is 10.1. The zero-order valence-electron chi connectivity index (χ0n) is 18.2. The topological polar surface area (TPSA) is 53.4 Å². The van der Waals surface area contributed by atoms with Crippen molar-refractivity contribution in [3.05, 3.63) is 76.4 Å². The summed E-state index contributed by atoms with van der Waals surface area (Å²) in [5, 5.41) is 10.7. The van der Waals surface area contributed by atoms with Crippen molar-refractivity contribution in [1.82, 2.24) is 9.88 Å². The Morgan fingerprint density at radius 3 is 2.66 bits per heavy atom. The van der Waals surface area contributed by atoms with Crippen LogP contribution in [0.4, 0.5) is 0 Å². The van der Waals surface area contributed by atoms with Crippen molar-refractivity contribution in [2.75, 3.05) is 32.1 Å². The maximum absolute atomic E-state index is 10.9. The fourth-order valence-electron chi connectivity index (χ4n) is 3.03. The Balaban J connectivity index is 1.75. The average Bonchev–Trinajstić information content (AvgIpc) is 2.76. The number of rotatable bonds is 11. The Bertz CT molecular complexity index is 1090. The third kappa shape index (κ3) is 7.85. The predicted octanol–water partition coefficient (Wildman–Crippen LogP) is 6.56. The highest BCUT2D eigenvalue weighted by Gasteiger charge is 2.14. The van der Waals surface area contributed by atoms with Gasteiger partial charge in [0.2, 0.25) is 0 Å². The maximum atomic E-state index is 10.9. The highest BCUT2D eigenvalue weighted by atomic mass is 35.5. The fraction of sp³-hybridized carbons (Fsp3) is 0.280. The first-order valence-electron chi connectivity index (χ1n) is 10.3. The van der Waals surface area contributed by atoms with Crippen LogP contribution in [0, 0.1) is 0 Å². The standard InChI is InChI=1S/C25H27ClN2O2S2/c1-28(2)13-15-32-25(31-14-12-24(29)30)20-5-3-4-18(16-20)6-10-22-11-8-19-7-9-21(26)17-23(19)27-22/h3-11,16-17,25H,12-15H2,1-2H3,(H,29,30)/b10-6-. The molecule has 0 aliphatic heterocycles. The summed E-state index contributed by atoms with van der Waals surface area (Å²) in [5.74, 6) is 0.829. The van der Waals surface area contributed by atoms with Crippen molar-refractivity contribution in [2.45, 2.75) is 11.0 Å². The summed E-state index contributed by atoms with van der Waals surface area (Å²) in [6.45, 7) is 0.984. The van der Waals surface area contributed by atoms with Crippen molar-refractivity contribution in [1.29, 1.82) is 0 Å². The van der Waals surface area contributed by atoms with E-state index in [1.165, 1.54) is 5.56 Å². The number of fused-ring (bicyclic) bond motifs is 1. The normalized spacial score (nSPS) is 12.6. The van der Waals surface area contributed by atoms with Gasteiger partial charge in [-0.3, -0.25) is 4.79 Å². The Morgan fingerprint density at radius 2 is 1.88 bits per heavy atom. The molecule has 0 amide bonds. The van der Waals surface area contributed by atoms with Crippen LogP contribution in [-0.2, 0) is 4.79 Å². The molecule has 0 radical (unpaired) electrons. The summed E-state index contributed by atoms with van der Waals surface area (Å²) in [7, 11) is 4.13. The number of benzene rings is 2. The molecule has 168 valence electrons. The highest BCUT2D eigenvalue weighted by Crippen LogP contribution is 2.40. The van der Waals surface area contributed by atoms with Crippen LogP contribution in [0.5, 0.6) is 0 Å². The second kappa shape index (κ2) is 12.3. The third-order valence-electron chi connectivity index (χ3n) is 4.70. The number of aliphatic carboxylic acids is 1. The Labute approximate surface area is 203 Å².